The van der Waals surface area contributed by atoms with Crippen LogP contribution < -0.4 is 15.2 Å². The first-order chi connectivity index (χ1) is 12.0. The maximum absolute atomic E-state index is 9.12. The molecule has 0 saturated carbocycles. The highest BCUT2D eigenvalue weighted by Gasteiger charge is 2.13. The standard InChI is InChI=1S/C19H17IN2O2S/c1-2-23-17-10-14(8-15(11-21)19(22)25)9-16(20)18(17)24-12-13-6-4-3-5-7-13/h3-10H,2,12H2,1H3,(H2,22,25)/b15-8+. The van der Waals surface area contributed by atoms with Crippen LogP contribution in [0.4, 0.5) is 0 Å². The Kier molecular flexibility index (Phi) is 7.22. The molecule has 0 atom stereocenters. The van der Waals surface area contributed by atoms with Crippen LogP contribution in [0.15, 0.2) is 48.0 Å². The largest absolute Gasteiger partial charge is 0.490 e. The average Bonchev–Trinajstić information content (AvgIpc) is 2.60. The zero-order valence-corrected chi connectivity index (χ0v) is 16.6. The quantitative estimate of drug-likeness (QED) is 0.284. The summed E-state index contributed by atoms with van der Waals surface area (Å²) in [5.41, 5.74) is 7.67. The molecule has 0 aromatic heterocycles. The van der Waals surface area contributed by atoms with Gasteiger partial charge in [0.15, 0.2) is 11.5 Å². The Morgan fingerprint density at radius 1 is 1.28 bits per heavy atom. The van der Waals surface area contributed by atoms with E-state index in [1.54, 1.807) is 6.08 Å². The molecular formula is C19H17IN2O2S. The fourth-order valence-electron chi connectivity index (χ4n) is 2.13. The van der Waals surface area contributed by atoms with Gasteiger partial charge >= 0.3 is 0 Å². The lowest BCUT2D eigenvalue weighted by atomic mass is 10.1. The second-order valence-corrected chi connectivity index (χ2v) is 6.67. The first kappa shape index (κ1) is 19.2. The molecule has 0 aliphatic carbocycles. The Morgan fingerprint density at radius 2 is 2.00 bits per heavy atom. The van der Waals surface area contributed by atoms with E-state index < -0.39 is 0 Å². The van der Waals surface area contributed by atoms with Crippen LogP contribution in [0.25, 0.3) is 6.08 Å². The van der Waals surface area contributed by atoms with Crippen molar-refractivity contribution in [2.24, 2.45) is 5.73 Å². The van der Waals surface area contributed by atoms with Crippen molar-refractivity contribution in [3.05, 3.63) is 62.7 Å². The van der Waals surface area contributed by atoms with E-state index in [1.165, 1.54) is 0 Å². The highest BCUT2D eigenvalue weighted by Crippen LogP contribution is 2.35. The Labute approximate surface area is 166 Å². The number of thiocarbonyl (C=S) groups is 1. The second-order valence-electron chi connectivity index (χ2n) is 5.07. The van der Waals surface area contributed by atoms with Crippen molar-refractivity contribution < 1.29 is 9.47 Å². The number of benzene rings is 2. The maximum atomic E-state index is 9.12. The second kappa shape index (κ2) is 9.39. The van der Waals surface area contributed by atoms with Gasteiger partial charge in [0.1, 0.15) is 17.7 Å². The summed E-state index contributed by atoms with van der Waals surface area (Å²) < 4.78 is 12.6. The number of hydrogen-bond donors (Lipinski definition) is 1. The molecule has 0 aliphatic heterocycles. The van der Waals surface area contributed by atoms with Crippen molar-refractivity contribution in [3.8, 4) is 17.6 Å². The highest BCUT2D eigenvalue weighted by molar-refractivity contribution is 14.1. The van der Waals surface area contributed by atoms with Crippen LogP contribution in [-0.2, 0) is 6.61 Å². The van der Waals surface area contributed by atoms with Gasteiger partial charge in [-0.3, -0.25) is 0 Å². The summed E-state index contributed by atoms with van der Waals surface area (Å²) in [5.74, 6) is 1.30. The molecule has 0 spiro atoms. The van der Waals surface area contributed by atoms with E-state index >= 15 is 0 Å². The van der Waals surface area contributed by atoms with E-state index in [1.807, 2.05) is 55.5 Å². The maximum Gasteiger partial charge on any atom is 0.175 e. The molecule has 128 valence electrons. The lowest BCUT2D eigenvalue weighted by molar-refractivity contribution is 0.267. The predicted molar refractivity (Wildman–Crippen MR) is 111 cm³/mol. The molecule has 25 heavy (non-hydrogen) atoms. The molecule has 0 bridgehead atoms. The lowest BCUT2D eigenvalue weighted by Crippen LogP contribution is -2.09. The van der Waals surface area contributed by atoms with Crippen molar-refractivity contribution in [3.63, 3.8) is 0 Å². The zero-order valence-electron chi connectivity index (χ0n) is 13.7. The number of rotatable bonds is 7. The zero-order chi connectivity index (χ0) is 18.2. The third-order valence-corrected chi connectivity index (χ3v) is 4.28. The van der Waals surface area contributed by atoms with Gasteiger partial charge in [-0.05, 0) is 58.9 Å². The molecule has 0 saturated heterocycles. The molecule has 0 radical (unpaired) electrons. The number of hydrogen-bond acceptors (Lipinski definition) is 4. The topological polar surface area (TPSA) is 68.3 Å². The van der Waals surface area contributed by atoms with Gasteiger partial charge in [-0.25, -0.2) is 0 Å². The number of ether oxygens (including phenoxy) is 2. The fraction of sp³-hybridized carbons (Fsp3) is 0.158. The third kappa shape index (κ3) is 5.44. The molecule has 2 aromatic rings. The number of nitrogens with two attached hydrogens (primary N) is 1. The minimum absolute atomic E-state index is 0.0693. The monoisotopic (exact) mass is 464 g/mol. The molecule has 0 unspecified atom stereocenters. The van der Waals surface area contributed by atoms with E-state index in [9.17, 15) is 0 Å². The van der Waals surface area contributed by atoms with Crippen molar-refractivity contribution >= 4 is 45.9 Å². The minimum Gasteiger partial charge on any atom is -0.490 e. The van der Waals surface area contributed by atoms with Crippen LogP contribution in [0.3, 0.4) is 0 Å². The Bertz CT molecular complexity index is 829. The first-order valence-electron chi connectivity index (χ1n) is 7.59. The van der Waals surface area contributed by atoms with E-state index in [4.69, 9.17) is 32.7 Å². The van der Waals surface area contributed by atoms with Gasteiger partial charge in [0.05, 0.1) is 15.8 Å². The van der Waals surface area contributed by atoms with Crippen LogP contribution in [0.1, 0.15) is 18.1 Å². The highest BCUT2D eigenvalue weighted by atomic mass is 127. The van der Waals surface area contributed by atoms with Gasteiger partial charge in [-0.2, -0.15) is 5.26 Å². The Morgan fingerprint density at radius 3 is 2.60 bits per heavy atom. The molecule has 0 fully saturated rings. The van der Waals surface area contributed by atoms with E-state index in [0.29, 0.717) is 24.7 Å². The summed E-state index contributed by atoms with van der Waals surface area (Å²) >= 11 is 7.07. The van der Waals surface area contributed by atoms with Gasteiger partial charge in [0, 0.05) is 0 Å². The molecular weight excluding hydrogens is 447 g/mol. The molecule has 6 heteroatoms. The van der Waals surface area contributed by atoms with Gasteiger partial charge in [-0.15, -0.1) is 0 Å². The summed E-state index contributed by atoms with van der Waals surface area (Å²) in [6.45, 7) is 2.86. The van der Waals surface area contributed by atoms with Gasteiger partial charge in [-0.1, -0.05) is 42.5 Å². The smallest absolute Gasteiger partial charge is 0.175 e. The predicted octanol–water partition coefficient (Wildman–Crippen LogP) is 4.46. The number of nitriles is 1. The summed E-state index contributed by atoms with van der Waals surface area (Å²) in [7, 11) is 0. The normalized spacial score (nSPS) is 10.8. The minimum atomic E-state index is 0.0693. The molecule has 4 nitrogen and oxygen atoms in total. The van der Waals surface area contributed by atoms with Gasteiger partial charge in [0.2, 0.25) is 0 Å². The van der Waals surface area contributed by atoms with Crippen molar-refractivity contribution in [2.75, 3.05) is 6.61 Å². The summed E-state index contributed by atoms with van der Waals surface area (Å²) in [6.07, 6.45) is 1.65. The van der Waals surface area contributed by atoms with Crippen molar-refractivity contribution in [1.29, 1.82) is 5.26 Å². The summed E-state index contributed by atoms with van der Waals surface area (Å²) in [6, 6.07) is 15.6. The lowest BCUT2D eigenvalue weighted by Gasteiger charge is -2.15. The average molecular weight is 464 g/mol. The van der Waals surface area contributed by atoms with Crippen LogP contribution in [0.2, 0.25) is 0 Å². The molecule has 2 N–H and O–H groups in total. The summed E-state index contributed by atoms with van der Waals surface area (Å²) in [5, 5.41) is 9.12. The third-order valence-electron chi connectivity index (χ3n) is 3.25. The van der Waals surface area contributed by atoms with Crippen molar-refractivity contribution in [2.45, 2.75) is 13.5 Å². The van der Waals surface area contributed by atoms with Gasteiger partial charge in [0.25, 0.3) is 0 Å². The SMILES string of the molecule is CCOc1cc(/C=C(\C#N)C(N)=S)cc(I)c1OCc1ccccc1. The van der Waals surface area contributed by atoms with E-state index in [2.05, 4.69) is 22.6 Å². The number of nitrogens with zero attached hydrogens (tertiary/aromatic N) is 1. The van der Waals surface area contributed by atoms with Crippen molar-refractivity contribution in [1.82, 2.24) is 0 Å². The summed E-state index contributed by atoms with van der Waals surface area (Å²) in [4.78, 5) is 0.0693. The van der Waals surface area contributed by atoms with Gasteiger partial charge < -0.3 is 15.2 Å². The molecule has 2 aromatic carbocycles. The van der Waals surface area contributed by atoms with Crippen LogP contribution in [0, 0.1) is 14.9 Å². The fourth-order valence-corrected chi connectivity index (χ4v) is 3.01. The first-order valence-corrected chi connectivity index (χ1v) is 9.08. The van der Waals surface area contributed by atoms with E-state index in [-0.39, 0.29) is 10.6 Å². The molecule has 0 heterocycles. The van der Waals surface area contributed by atoms with Crippen LogP contribution in [-0.4, -0.2) is 11.6 Å². The molecule has 0 amide bonds. The van der Waals surface area contributed by atoms with Crippen LogP contribution in [0.5, 0.6) is 11.5 Å². The molecule has 0 aliphatic rings. The number of halogens is 1. The van der Waals surface area contributed by atoms with E-state index in [0.717, 1.165) is 14.7 Å². The van der Waals surface area contributed by atoms with Crippen LogP contribution >= 0.6 is 34.8 Å². The Hall–Kier alpha value is -2.11. The molecule has 2 rings (SSSR count). The Balaban J connectivity index is 2.34.